The van der Waals surface area contributed by atoms with Crippen LogP contribution >= 0.6 is 23.6 Å². The van der Waals surface area contributed by atoms with Gasteiger partial charge >= 0.3 is 0 Å². The molecule has 4 heteroatoms. The Morgan fingerprint density at radius 1 is 1.50 bits per heavy atom. The van der Waals surface area contributed by atoms with Crippen LogP contribution in [0.3, 0.4) is 0 Å². The molecule has 1 aromatic rings. The van der Waals surface area contributed by atoms with Gasteiger partial charge in [0.2, 0.25) is 0 Å². The van der Waals surface area contributed by atoms with Gasteiger partial charge in [0.1, 0.15) is 0 Å². The number of halogens is 2. The molecule has 0 aliphatic heterocycles. The van der Waals surface area contributed by atoms with E-state index >= 15 is 0 Å². The Morgan fingerprint density at radius 2 is 2.30 bits per heavy atom. The first-order valence-electron chi connectivity index (χ1n) is 2.77. The van der Waals surface area contributed by atoms with Crippen LogP contribution in [-0.2, 0) is 6.54 Å². The van der Waals surface area contributed by atoms with E-state index in [9.17, 15) is 0 Å². The zero-order chi connectivity index (χ0) is 7.40. The highest BCUT2D eigenvalue weighted by atomic mass is 35.5. The summed E-state index contributed by atoms with van der Waals surface area (Å²) in [6, 6.07) is 3.75. The summed E-state index contributed by atoms with van der Waals surface area (Å²) < 4.78 is 1.07. The smallest absolute Gasteiger partial charge is 0.0570 e. The van der Waals surface area contributed by atoms with Crippen LogP contribution in [0.5, 0.6) is 0 Å². The van der Waals surface area contributed by atoms with E-state index in [1.54, 1.807) is 12.4 Å². The molecule has 0 aliphatic rings. The fourth-order valence-electron chi connectivity index (χ4n) is 0.630. The maximum absolute atomic E-state index is 5.38. The molecule has 0 fully saturated rings. The van der Waals surface area contributed by atoms with Gasteiger partial charge in [-0.2, -0.15) is 0 Å². The number of rotatable bonds is 2. The first-order valence-corrected chi connectivity index (χ1v) is 3.44. The molecule has 0 saturated carbocycles. The van der Waals surface area contributed by atoms with Crippen molar-refractivity contribution in [2.24, 2.45) is 0 Å². The molecule has 0 atom stereocenters. The van der Waals surface area contributed by atoms with E-state index in [-0.39, 0.29) is 0 Å². The second-order valence-electron chi connectivity index (χ2n) is 1.82. The molecule has 0 saturated heterocycles. The standard InChI is InChI=1S/C6H6Cl2N2/c7-10(8)5-6-2-1-3-9-4-6/h1-4H,5H2. The summed E-state index contributed by atoms with van der Waals surface area (Å²) in [6.07, 6.45) is 3.42. The van der Waals surface area contributed by atoms with Crippen LogP contribution in [0.2, 0.25) is 0 Å². The van der Waals surface area contributed by atoms with E-state index in [4.69, 9.17) is 23.6 Å². The monoisotopic (exact) mass is 176 g/mol. The highest BCUT2D eigenvalue weighted by Crippen LogP contribution is 2.06. The SMILES string of the molecule is ClN(Cl)Cc1cccnc1. The molecule has 1 heterocycles. The van der Waals surface area contributed by atoms with Gasteiger partial charge in [-0.1, -0.05) is 6.07 Å². The van der Waals surface area contributed by atoms with Gasteiger partial charge in [-0.15, -0.1) is 3.94 Å². The molecule has 0 N–H and O–H groups in total. The minimum atomic E-state index is 0.497. The maximum atomic E-state index is 5.38. The molecule has 0 spiro atoms. The van der Waals surface area contributed by atoms with Crippen molar-refractivity contribution in [2.45, 2.75) is 6.54 Å². The lowest BCUT2D eigenvalue weighted by Crippen LogP contribution is -1.96. The molecule has 2 nitrogen and oxygen atoms in total. The average Bonchev–Trinajstić information content (AvgIpc) is 1.88. The molecular formula is C6H6Cl2N2. The van der Waals surface area contributed by atoms with Gasteiger partial charge in [-0.3, -0.25) is 4.98 Å². The van der Waals surface area contributed by atoms with Crippen LogP contribution in [0.15, 0.2) is 24.5 Å². The number of hydrogen-bond acceptors (Lipinski definition) is 2. The molecule has 0 aliphatic carbocycles. The molecule has 1 aromatic heterocycles. The van der Waals surface area contributed by atoms with Gasteiger partial charge in [0, 0.05) is 12.4 Å². The zero-order valence-corrected chi connectivity index (χ0v) is 6.68. The summed E-state index contributed by atoms with van der Waals surface area (Å²) >= 11 is 10.8. The lowest BCUT2D eigenvalue weighted by Gasteiger charge is -2.01. The van der Waals surface area contributed by atoms with Gasteiger partial charge in [0.25, 0.3) is 0 Å². The normalized spacial score (nSPS) is 10.3. The van der Waals surface area contributed by atoms with Crippen molar-refractivity contribution >= 4 is 23.6 Å². The predicted octanol–water partition coefficient (Wildman–Crippen LogP) is 2.19. The molecule has 0 radical (unpaired) electrons. The summed E-state index contributed by atoms with van der Waals surface area (Å²) in [4.78, 5) is 3.89. The molecule has 10 heavy (non-hydrogen) atoms. The first kappa shape index (κ1) is 7.79. The van der Waals surface area contributed by atoms with Crippen LogP contribution in [0.25, 0.3) is 0 Å². The predicted molar refractivity (Wildman–Crippen MR) is 41.5 cm³/mol. The van der Waals surface area contributed by atoms with Crippen LogP contribution in [-0.4, -0.2) is 8.92 Å². The second kappa shape index (κ2) is 3.76. The zero-order valence-electron chi connectivity index (χ0n) is 5.17. The number of aromatic nitrogens is 1. The summed E-state index contributed by atoms with van der Waals surface area (Å²) in [7, 11) is 0. The molecule has 1 rings (SSSR count). The van der Waals surface area contributed by atoms with E-state index in [1.807, 2.05) is 12.1 Å². The maximum Gasteiger partial charge on any atom is 0.0570 e. The lowest BCUT2D eigenvalue weighted by atomic mass is 10.3. The Morgan fingerprint density at radius 3 is 2.80 bits per heavy atom. The Balaban J connectivity index is 2.59. The third-order valence-electron chi connectivity index (χ3n) is 1.02. The summed E-state index contributed by atoms with van der Waals surface area (Å²) in [5.74, 6) is 0. The van der Waals surface area contributed by atoms with E-state index in [2.05, 4.69) is 4.98 Å². The van der Waals surface area contributed by atoms with Crippen molar-refractivity contribution in [3.63, 3.8) is 0 Å². The van der Waals surface area contributed by atoms with Gasteiger partial charge in [0.05, 0.1) is 6.54 Å². The average molecular weight is 177 g/mol. The van der Waals surface area contributed by atoms with Crippen molar-refractivity contribution in [3.05, 3.63) is 30.1 Å². The van der Waals surface area contributed by atoms with Crippen LogP contribution in [0.1, 0.15) is 5.56 Å². The summed E-state index contributed by atoms with van der Waals surface area (Å²) in [6.45, 7) is 0.497. The van der Waals surface area contributed by atoms with Crippen molar-refractivity contribution in [2.75, 3.05) is 0 Å². The highest BCUT2D eigenvalue weighted by molar-refractivity contribution is 6.33. The molecular weight excluding hydrogens is 171 g/mol. The third-order valence-corrected chi connectivity index (χ3v) is 1.26. The number of nitrogens with zero attached hydrogens (tertiary/aromatic N) is 2. The molecule has 0 aromatic carbocycles. The summed E-state index contributed by atoms with van der Waals surface area (Å²) in [5.41, 5.74) is 0.993. The first-order chi connectivity index (χ1) is 4.79. The van der Waals surface area contributed by atoms with Crippen molar-refractivity contribution in [1.82, 2.24) is 8.92 Å². The summed E-state index contributed by atoms with van der Waals surface area (Å²) in [5, 5.41) is 0. The minimum Gasteiger partial charge on any atom is -0.264 e. The van der Waals surface area contributed by atoms with E-state index in [1.165, 1.54) is 0 Å². The minimum absolute atomic E-state index is 0.497. The van der Waals surface area contributed by atoms with Gasteiger partial charge in [-0.25, -0.2) is 0 Å². The third kappa shape index (κ3) is 2.52. The van der Waals surface area contributed by atoms with E-state index < -0.39 is 0 Å². The largest absolute Gasteiger partial charge is 0.264 e. The van der Waals surface area contributed by atoms with Gasteiger partial charge in [0.15, 0.2) is 0 Å². The van der Waals surface area contributed by atoms with Gasteiger partial charge < -0.3 is 0 Å². The highest BCUT2D eigenvalue weighted by Gasteiger charge is 1.95. The van der Waals surface area contributed by atoms with Crippen molar-refractivity contribution < 1.29 is 0 Å². The fraction of sp³-hybridized carbons (Fsp3) is 0.167. The quantitative estimate of drug-likeness (QED) is 0.643. The van der Waals surface area contributed by atoms with Crippen molar-refractivity contribution in [3.8, 4) is 0 Å². The lowest BCUT2D eigenvalue weighted by molar-refractivity contribution is 0.701. The number of hydrogen-bond donors (Lipinski definition) is 0. The van der Waals surface area contributed by atoms with Crippen LogP contribution in [0.4, 0.5) is 0 Å². The Kier molecular flexibility index (Phi) is 2.93. The van der Waals surface area contributed by atoms with Crippen molar-refractivity contribution in [1.29, 1.82) is 0 Å². The van der Waals surface area contributed by atoms with Crippen LogP contribution in [0, 0.1) is 0 Å². The van der Waals surface area contributed by atoms with Crippen LogP contribution < -0.4 is 0 Å². The Bertz CT molecular complexity index is 188. The van der Waals surface area contributed by atoms with E-state index in [0.29, 0.717) is 6.54 Å². The second-order valence-corrected chi connectivity index (χ2v) is 2.81. The molecule has 0 bridgehead atoms. The topological polar surface area (TPSA) is 16.1 Å². The number of pyridine rings is 1. The molecule has 0 amide bonds. The Hall–Kier alpha value is -0.310. The molecule has 0 unspecified atom stereocenters. The van der Waals surface area contributed by atoms with Gasteiger partial charge in [-0.05, 0) is 35.2 Å². The van der Waals surface area contributed by atoms with E-state index in [0.717, 1.165) is 9.50 Å². The molecule has 54 valence electrons. The Labute approximate surface area is 69.6 Å². The fourth-order valence-corrected chi connectivity index (χ4v) is 0.906.